The Morgan fingerprint density at radius 3 is 2.04 bits per heavy atom. The molecule has 0 N–H and O–H groups in total. The summed E-state index contributed by atoms with van der Waals surface area (Å²) in [5.41, 5.74) is 0. The molecule has 0 saturated heterocycles. The Labute approximate surface area is 162 Å². The van der Waals surface area contributed by atoms with Gasteiger partial charge in [0.1, 0.15) is 0 Å². The zero-order valence-electron chi connectivity index (χ0n) is 14.9. The maximum Gasteiger partial charge on any atom is 0.406 e. The molecule has 1 aromatic rings. The highest BCUT2D eigenvalue weighted by Crippen LogP contribution is 2.63. The molecule has 0 aliphatic carbocycles. The molecule has 0 saturated carbocycles. The molecule has 1 rings (SSSR count). The summed E-state index contributed by atoms with van der Waals surface area (Å²) in [4.78, 5) is 11.1. The summed E-state index contributed by atoms with van der Waals surface area (Å²) in [5, 5.41) is 9.70. The van der Waals surface area contributed by atoms with E-state index in [-0.39, 0.29) is 24.5 Å². The molecule has 0 aromatic heterocycles. The predicted molar refractivity (Wildman–Crippen MR) is 102 cm³/mol. The van der Waals surface area contributed by atoms with Crippen molar-refractivity contribution in [2.75, 3.05) is 19.0 Å². The van der Waals surface area contributed by atoms with Crippen LogP contribution in [0.25, 0.3) is 0 Å². The van der Waals surface area contributed by atoms with Crippen molar-refractivity contribution in [3.8, 4) is 0 Å². The van der Waals surface area contributed by atoms with Crippen LogP contribution in [0.5, 0.6) is 0 Å². The van der Waals surface area contributed by atoms with Gasteiger partial charge in [-0.3, -0.25) is 14.7 Å². The first-order valence-electron chi connectivity index (χ1n) is 8.10. The summed E-state index contributed by atoms with van der Waals surface area (Å²) >= 11 is 3.22. The van der Waals surface area contributed by atoms with Crippen LogP contribution in [0.2, 0.25) is 0 Å². The number of halogens is 1. The van der Waals surface area contributed by atoms with Gasteiger partial charge in [-0.1, -0.05) is 22.9 Å². The van der Waals surface area contributed by atoms with Gasteiger partial charge in [-0.2, -0.15) is 0 Å². The van der Waals surface area contributed by atoms with Crippen LogP contribution in [-0.2, 0) is 23.4 Å². The number of hydrogen-bond acceptors (Lipinski definition) is 7. The van der Waals surface area contributed by atoms with Crippen LogP contribution in [-0.4, -0.2) is 37.6 Å². The van der Waals surface area contributed by atoms with Crippen molar-refractivity contribution in [2.24, 2.45) is 0 Å². The molecule has 8 nitrogen and oxygen atoms in total. The van der Waals surface area contributed by atoms with Gasteiger partial charge in [0, 0.05) is 22.2 Å². The van der Waals surface area contributed by atoms with E-state index < -0.39 is 39.8 Å². The Bertz CT molecular complexity index is 759. The van der Waals surface area contributed by atoms with Gasteiger partial charge in [-0.25, -0.2) is 8.42 Å². The van der Waals surface area contributed by atoms with Crippen molar-refractivity contribution in [1.82, 2.24) is 0 Å². The lowest BCUT2D eigenvalue weighted by Gasteiger charge is -2.30. The fraction of sp³-hybridized carbons (Fsp3) is 0.600. The summed E-state index contributed by atoms with van der Waals surface area (Å²) in [6.45, 7) is 4.47. The Kier molecular flexibility index (Phi) is 8.41. The zero-order chi connectivity index (χ0) is 20.0. The number of nitro groups is 1. The van der Waals surface area contributed by atoms with E-state index in [9.17, 15) is 23.1 Å². The lowest BCUT2D eigenvalue weighted by atomic mass is 10.2. The third kappa shape index (κ3) is 4.92. The van der Waals surface area contributed by atoms with E-state index >= 15 is 0 Å². The first kappa shape index (κ1) is 23.2. The second-order valence-corrected chi connectivity index (χ2v) is 10.8. The number of sulfone groups is 1. The molecule has 0 aliphatic heterocycles. The van der Waals surface area contributed by atoms with Gasteiger partial charge in [-0.15, -0.1) is 0 Å². The third-order valence-corrected chi connectivity index (χ3v) is 9.14. The number of hydrogen-bond donors (Lipinski definition) is 0. The molecule has 0 radical (unpaired) electrons. The average molecular weight is 472 g/mol. The normalized spacial score (nSPS) is 14.8. The van der Waals surface area contributed by atoms with E-state index in [1.165, 1.54) is 19.1 Å². The molecule has 1 atom stereocenters. The number of benzene rings is 1. The predicted octanol–water partition coefficient (Wildman–Crippen LogP) is 4.26. The Balaban J connectivity index is 3.24. The molecular weight excluding hydrogens is 449 g/mol. The molecule has 1 aromatic carbocycles. The van der Waals surface area contributed by atoms with Gasteiger partial charge in [0.15, 0.2) is 9.84 Å². The zero-order valence-corrected chi connectivity index (χ0v) is 18.2. The van der Waals surface area contributed by atoms with Crippen LogP contribution in [0.15, 0.2) is 33.6 Å². The van der Waals surface area contributed by atoms with Crippen LogP contribution >= 0.6 is 23.5 Å². The third-order valence-electron chi connectivity index (χ3n) is 3.96. The fourth-order valence-corrected chi connectivity index (χ4v) is 6.52. The number of rotatable bonds is 11. The van der Waals surface area contributed by atoms with Gasteiger partial charge in [0.25, 0.3) is 0 Å². The van der Waals surface area contributed by atoms with Crippen LogP contribution in [0, 0.1) is 10.1 Å². The summed E-state index contributed by atoms with van der Waals surface area (Å²) in [5.74, 6) is -0.548. The first-order valence-corrected chi connectivity index (χ1v) is 12.1. The van der Waals surface area contributed by atoms with Gasteiger partial charge in [0.2, 0.25) is 0 Å². The van der Waals surface area contributed by atoms with Crippen molar-refractivity contribution >= 4 is 33.4 Å². The molecule has 0 amide bonds. The molecule has 0 spiro atoms. The summed E-state index contributed by atoms with van der Waals surface area (Å²) in [6, 6.07) is 5.95. The van der Waals surface area contributed by atoms with Gasteiger partial charge in [-0.05, 0) is 38.1 Å². The highest BCUT2D eigenvalue weighted by molar-refractivity contribution is 9.10. The molecule has 26 heavy (non-hydrogen) atoms. The summed E-state index contributed by atoms with van der Waals surface area (Å²) < 4.78 is 49.3. The highest BCUT2D eigenvalue weighted by atomic mass is 79.9. The lowest BCUT2D eigenvalue weighted by Crippen LogP contribution is -2.40. The van der Waals surface area contributed by atoms with Crippen LogP contribution in [0.4, 0.5) is 0 Å². The van der Waals surface area contributed by atoms with E-state index in [0.717, 1.165) is 0 Å². The first-order chi connectivity index (χ1) is 12.1. The second kappa shape index (κ2) is 9.41. The van der Waals surface area contributed by atoms with E-state index in [4.69, 9.17) is 9.05 Å². The molecule has 11 heteroatoms. The molecule has 0 bridgehead atoms. The van der Waals surface area contributed by atoms with Crippen molar-refractivity contribution in [2.45, 2.75) is 43.8 Å². The Morgan fingerprint density at radius 1 is 1.15 bits per heavy atom. The largest absolute Gasteiger partial charge is 0.406 e. The maximum atomic E-state index is 13.1. The molecule has 0 heterocycles. The molecule has 148 valence electrons. The molecule has 0 aliphatic rings. The quantitative estimate of drug-likeness (QED) is 0.269. The van der Waals surface area contributed by atoms with Gasteiger partial charge in [0.05, 0.1) is 23.9 Å². The Hall–Kier alpha value is -0.800. The summed E-state index contributed by atoms with van der Waals surface area (Å²) in [7, 11) is -7.97. The van der Waals surface area contributed by atoms with Crippen LogP contribution < -0.4 is 0 Å². The highest BCUT2D eigenvalue weighted by Gasteiger charge is 2.61. The van der Waals surface area contributed by atoms with Crippen molar-refractivity contribution in [3.05, 3.63) is 38.9 Å². The van der Waals surface area contributed by atoms with Crippen LogP contribution in [0.1, 0.15) is 33.6 Å². The minimum Gasteiger partial charge on any atom is -0.304 e. The van der Waals surface area contributed by atoms with Crippen molar-refractivity contribution < 1.29 is 27.0 Å². The smallest absolute Gasteiger partial charge is 0.304 e. The van der Waals surface area contributed by atoms with Gasteiger partial charge >= 0.3 is 12.9 Å². The maximum absolute atomic E-state index is 13.1. The topological polar surface area (TPSA) is 113 Å². The molecular formula is C15H23BrNO7PS. The monoisotopic (exact) mass is 471 g/mol. The fourth-order valence-electron chi connectivity index (χ4n) is 2.50. The standard InChI is InChI=1S/C15H23BrNO7PS/c1-4-15(17(18)19,25(20,23-5-2)24-6-3)11-12-26(21,22)14-9-7-13(16)8-10-14/h7-10H,4-6,11-12H2,1-3H3/t15-/m1/s1. The number of nitrogens with zero attached hydrogens (tertiary/aromatic N) is 1. The second-order valence-electron chi connectivity index (χ2n) is 5.45. The van der Waals surface area contributed by atoms with Crippen molar-refractivity contribution in [3.63, 3.8) is 0 Å². The molecule has 0 unspecified atom stereocenters. The van der Waals surface area contributed by atoms with Crippen LogP contribution in [0.3, 0.4) is 0 Å². The average Bonchev–Trinajstić information content (AvgIpc) is 2.56. The lowest BCUT2D eigenvalue weighted by molar-refractivity contribution is -0.546. The van der Waals surface area contributed by atoms with E-state index in [0.29, 0.717) is 4.47 Å². The molecule has 0 fully saturated rings. The van der Waals surface area contributed by atoms with Gasteiger partial charge < -0.3 is 9.05 Å². The van der Waals surface area contributed by atoms with E-state index in [2.05, 4.69) is 15.9 Å². The van der Waals surface area contributed by atoms with Crippen molar-refractivity contribution in [1.29, 1.82) is 0 Å². The van der Waals surface area contributed by atoms with E-state index in [1.54, 1.807) is 26.0 Å². The minimum absolute atomic E-state index is 0.0386. The minimum atomic E-state index is -4.17. The SMILES string of the molecule is CCOP(=O)(OCC)[C@](CC)(CCS(=O)(=O)c1ccc(Br)cc1)[N+](=O)[O-]. The summed E-state index contributed by atoms with van der Waals surface area (Å²) in [6.07, 6.45) is -0.667. The van der Waals surface area contributed by atoms with E-state index in [1.807, 2.05) is 0 Å². The Morgan fingerprint density at radius 2 is 1.65 bits per heavy atom.